The van der Waals surface area contributed by atoms with Crippen molar-refractivity contribution in [3.8, 4) is 0 Å². The summed E-state index contributed by atoms with van der Waals surface area (Å²) in [6.07, 6.45) is 3.85. The highest BCUT2D eigenvalue weighted by Gasteiger charge is 1.78. The lowest BCUT2D eigenvalue weighted by Crippen LogP contribution is -2.00. The highest BCUT2D eigenvalue weighted by atomic mass is 15.0. The Hall–Kier alpha value is -0.720. The van der Waals surface area contributed by atoms with Crippen molar-refractivity contribution >= 4 is 0 Å². The molecule has 0 N–H and O–H groups in total. The summed E-state index contributed by atoms with van der Waals surface area (Å²) < 4.78 is 0. The molecule has 0 aliphatic heterocycles. The van der Waals surface area contributed by atoms with Gasteiger partial charge in [-0.15, -0.1) is 0 Å². The first-order valence-corrected chi connectivity index (χ1v) is 2.64. The van der Waals surface area contributed by atoms with Gasteiger partial charge in [-0.1, -0.05) is 12.7 Å². The second kappa shape index (κ2) is 3.30. The molecule has 0 aromatic heterocycles. The van der Waals surface area contributed by atoms with Crippen molar-refractivity contribution in [2.75, 3.05) is 14.1 Å². The van der Waals surface area contributed by atoms with Crippen LogP contribution in [-0.4, -0.2) is 19.0 Å². The standard InChI is InChI=1S/C7H13N/c1-5-7(2)6-8(3)4/h5-6H,1H2,2-4H3/b7-6-. The Morgan fingerprint density at radius 3 is 2.12 bits per heavy atom. The Labute approximate surface area is 51.3 Å². The molecule has 0 aliphatic carbocycles. The fourth-order valence-electron chi connectivity index (χ4n) is 0.460. The SMILES string of the molecule is C=C/C(C)=C\N(C)C. The Kier molecular flexibility index (Phi) is 3.01. The largest absolute Gasteiger partial charge is 0.383 e. The van der Waals surface area contributed by atoms with E-state index >= 15 is 0 Å². The van der Waals surface area contributed by atoms with Crippen LogP contribution < -0.4 is 0 Å². The Balaban J connectivity index is 3.74. The Morgan fingerprint density at radius 1 is 1.50 bits per heavy atom. The van der Waals surface area contributed by atoms with Gasteiger partial charge in [-0.3, -0.25) is 0 Å². The van der Waals surface area contributed by atoms with Crippen molar-refractivity contribution in [1.82, 2.24) is 4.90 Å². The van der Waals surface area contributed by atoms with E-state index in [1.807, 2.05) is 38.2 Å². The molecule has 0 atom stereocenters. The molecular formula is C7H13N. The predicted octanol–water partition coefficient (Wildman–Crippen LogP) is 1.64. The van der Waals surface area contributed by atoms with Crippen molar-refractivity contribution < 1.29 is 0 Å². The second-order valence-electron chi connectivity index (χ2n) is 2.04. The number of nitrogens with zero attached hydrogens (tertiary/aromatic N) is 1. The van der Waals surface area contributed by atoms with Gasteiger partial charge in [0.2, 0.25) is 0 Å². The summed E-state index contributed by atoms with van der Waals surface area (Å²) in [5.41, 5.74) is 1.19. The van der Waals surface area contributed by atoms with Gasteiger partial charge in [-0.05, 0) is 12.5 Å². The van der Waals surface area contributed by atoms with Crippen LogP contribution in [0, 0.1) is 0 Å². The monoisotopic (exact) mass is 111 g/mol. The summed E-state index contributed by atoms with van der Waals surface area (Å²) in [5, 5.41) is 0. The first-order valence-electron chi connectivity index (χ1n) is 2.64. The lowest BCUT2D eigenvalue weighted by Gasteiger charge is -2.03. The minimum absolute atomic E-state index is 1.19. The van der Waals surface area contributed by atoms with E-state index in [0.717, 1.165) is 0 Å². The molecule has 0 spiro atoms. The zero-order valence-electron chi connectivity index (χ0n) is 5.81. The van der Waals surface area contributed by atoms with Gasteiger partial charge in [0, 0.05) is 20.3 Å². The van der Waals surface area contributed by atoms with E-state index in [1.54, 1.807) is 0 Å². The van der Waals surface area contributed by atoms with Crippen LogP contribution in [0.25, 0.3) is 0 Å². The first kappa shape index (κ1) is 7.28. The highest BCUT2D eigenvalue weighted by molar-refractivity contribution is 5.11. The molecule has 8 heavy (non-hydrogen) atoms. The van der Waals surface area contributed by atoms with E-state index in [0.29, 0.717) is 0 Å². The summed E-state index contributed by atoms with van der Waals surface area (Å²) in [5.74, 6) is 0. The van der Waals surface area contributed by atoms with Crippen molar-refractivity contribution in [1.29, 1.82) is 0 Å². The van der Waals surface area contributed by atoms with Crippen LogP contribution in [0.4, 0.5) is 0 Å². The Morgan fingerprint density at radius 2 is 2.00 bits per heavy atom. The normalized spacial score (nSPS) is 11.1. The zero-order valence-corrected chi connectivity index (χ0v) is 5.81. The average Bonchev–Trinajstić information content (AvgIpc) is 1.65. The number of hydrogen-bond acceptors (Lipinski definition) is 1. The van der Waals surface area contributed by atoms with Crippen LogP contribution >= 0.6 is 0 Å². The molecule has 0 bridgehead atoms. The van der Waals surface area contributed by atoms with Crippen LogP contribution in [0.2, 0.25) is 0 Å². The number of hydrogen-bond donors (Lipinski definition) is 0. The maximum Gasteiger partial charge on any atom is 0.00557 e. The van der Waals surface area contributed by atoms with E-state index in [-0.39, 0.29) is 0 Å². The van der Waals surface area contributed by atoms with Gasteiger partial charge in [-0.2, -0.15) is 0 Å². The third kappa shape index (κ3) is 3.47. The van der Waals surface area contributed by atoms with Gasteiger partial charge in [-0.25, -0.2) is 0 Å². The molecule has 0 saturated heterocycles. The molecular weight excluding hydrogens is 98.1 g/mol. The van der Waals surface area contributed by atoms with Crippen LogP contribution in [0.1, 0.15) is 6.92 Å². The van der Waals surface area contributed by atoms with Gasteiger partial charge >= 0.3 is 0 Å². The minimum Gasteiger partial charge on any atom is -0.383 e. The van der Waals surface area contributed by atoms with Crippen LogP contribution in [0.3, 0.4) is 0 Å². The van der Waals surface area contributed by atoms with E-state index in [4.69, 9.17) is 0 Å². The number of allylic oxidation sites excluding steroid dienone is 2. The molecule has 0 radical (unpaired) electrons. The summed E-state index contributed by atoms with van der Waals surface area (Å²) in [7, 11) is 3.99. The van der Waals surface area contributed by atoms with Crippen molar-refractivity contribution in [3.63, 3.8) is 0 Å². The quantitative estimate of drug-likeness (QED) is 0.490. The molecule has 0 amide bonds. The maximum atomic E-state index is 3.62. The molecule has 0 unspecified atom stereocenters. The summed E-state index contributed by atoms with van der Waals surface area (Å²) in [6.45, 7) is 5.64. The topological polar surface area (TPSA) is 3.24 Å². The molecule has 0 saturated carbocycles. The smallest absolute Gasteiger partial charge is 0.00557 e. The highest BCUT2D eigenvalue weighted by Crippen LogP contribution is 1.92. The van der Waals surface area contributed by atoms with Gasteiger partial charge in [0.05, 0.1) is 0 Å². The van der Waals surface area contributed by atoms with Gasteiger partial charge < -0.3 is 4.90 Å². The number of rotatable bonds is 2. The fourth-order valence-corrected chi connectivity index (χ4v) is 0.460. The van der Waals surface area contributed by atoms with Gasteiger partial charge in [0.25, 0.3) is 0 Å². The Bertz CT molecular complexity index is 101. The van der Waals surface area contributed by atoms with Crippen LogP contribution in [0.5, 0.6) is 0 Å². The van der Waals surface area contributed by atoms with Crippen LogP contribution in [0.15, 0.2) is 24.4 Å². The summed E-state index contributed by atoms with van der Waals surface area (Å²) in [4.78, 5) is 2.00. The van der Waals surface area contributed by atoms with Crippen molar-refractivity contribution in [2.45, 2.75) is 6.92 Å². The lowest BCUT2D eigenvalue weighted by molar-refractivity contribution is 0.560. The molecule has 1 heteroatoms. The molecule has 46 valence electrons. The van der Waals surface area contributed by atoms with Crippen molar-refractivity contribution in [2.24, 2.45) is 0 Å². The molecule has 0 fully saturated rings. The van der Waals surface area contributed by atoms with Gasteiger partial charge in [0.1, 0.15) is 0 Å². The van der Waals surface area contributed by atoms with Crippen molar-refractivity contribution in [3.05, 3.63) is 24.4 Å². The molecule has 1 nitrogen and oxygen atoms in total. The molecule has 0 aliphatic rings. The average molecular weight is 111 g/mol. The van der Waals surface area contributed by atoms with E-state index in [9.17, 15) is 0 Å². The summed E-state index contributed by atoms with van der Waals surface area (Å²) in [6, 6.07) is 0. The molecule has 0 aromatic carbocycles. The molecule has 0 aromatic rings. The van der Waals surface area contributed by atoms with E-state index in [1.165, 1.54) is 5.57 Å². The second-order valence-corrected chi connectivity index (χ2v) is 2.04. The predicted molar refractivity (Wildman–Crippen MR) is 37.6 cm³/mol. The van der Waals surface area contributed by atoms with E-state index in [2.05, 4.69) is 6.58 Å². The first-order chi connectivity index (χ1) is 3.66. The third-order valence-corrected chi connectivity index (χ3v) is 0.784. The van der Waals surface area contributed by atoms with Gasteiger partial charge in [0.15, 0.2) is 0 Å². The minimum atomic E-state index is 1.19. The zero-order chi connectivity index (χ0) is 6.57. The summed E-state index contributed by atoms with van der Waals surface area (Å²) >= 11 is 0. The van der Waals surface area contributed by atoms with E-state index < -0.39 is 0 Å². The molecule has 0 rings (SSSR count). The van der Waals surface area contributed by atoms with Crippen LogP contribution in [-0.2, 0) is 0 Å². The fraction of sp³-hybridized carbons (Fsp3) is 0.429. The third-order valence-electron chi connectivity index (χ3n) is 0.784. The lowest BCUT2D eigenvalue weighted by atomic mass is 10.3. The maximum absolute atomic E-state index is 3.62. The molecule has 0 heterocycles.